The van der Waals surface area contributed by atoms with Crippen LogP contribution in [0.4, 0.5) is 5.82 Å². The third-order valence-corrected chi connectivity index (χ3v) is 3.24. The number of nitrogens with zero attached hydrogens (tertiary/aromatic N) is 4. The third-order valence-electron chi connectivity index (χ3n) is 3.24. The first-order valence-corrected chi connectivity index (χ1v) is 6.55. The molecular formula is C13H22N4. The van der Waals surface area contributed by atoms with Crippen LogP contribution < -0.4 is 4.90 Å². The van der Waals surface area contributed by atoms with Crippen LogP contribution in [-0.4, -0.2) is 47.6 Å². The van der Waals surface area contributed by atoms with Crippen LogP contribution in [0.1, 0.15) is 25.5 Å². The Morgan fingerprint density at radius 1 is 1.18 bits per heavy atom. The fourth-order valence-electron chi connectivity index (χ4n) is 2.35. The van der Waals surface area contributed by atoms with E-state index in [0.29, 0.717) is 0 Å². The van der Waals surface area contributed by atoms with Crippen molar-refractivity contribution in [2.75, 3.05) is 37.6 Å². The summed E-state index contributed by atoms with van der Waals surface area (Å²) in [5, 5.41) is 0. The minimum atomic E-state index is 1.05. The fraction of sp³-hybridized carbons (Fsp3) is 0.692. The molecule has 0 spiro atoms. The summed E-state index contributed by atoms with van der Waals surface area (Å²) in [5.41, 5.74) is 1.05. The maximum atomic E-state index is 4.37. The van der Waals surface area contributed by atoms with Crippen molar-refractivity contribution in [3.05, 3.63) is 18.1 Å². The SMILES string of the molecule is CCCN1CCCN(c2cc(C)ncn2)CC1. The van der Waals surface area contributed by atoms with Gasteiger partial charge in [0, 0.05) is 31.4 Å². The number of rotatable bonds is 3. The molecule has 4 nitrogen and oxygen atoms in total. The summed E-state index contributed by atoms with van der Waals surface area (Å²) in [6.07, 6.45) is 4.13. The molecule has 1 aromatic rings. The number of hydrogen-bond acceptors (Lipinski definition) is 4. The Morgan fingerprint density at radius 2 is 2.06 bits per heavy atom. The molecular weight excluding hydrogens is 212 g/mol. The second-order valence-electron chi connectivity index (χ2n) is 4.70. The molecule has 17 heavy (non-hydrogen) atoms. The average Bonchev–Trinajstić information content (AvgIpc) is 2.55. The molecule has 1 aliphatic rings. The van der Waals surface area contributed by atoms with Gasteiger partial charge in [0.1, 0.15) is 12.1 Å². The maximum Gasteiger partial charge on any atom is 0.132 e. The van der Waals surface area contributed by atoms with Crippen LogP contribution in [-0.2, 0) is 0 Å². The third kappa shape index (κ3) is 3.40. The molecule has 0 amide bonds. The highest BCUT2D eigenvalue weighted by Gasteiger charge is 2.15. The van der Waals surface area contributed by atoms with E-state index in [1.54, 1.807) is 6.33 Å². The number of aryl methyl sites for hydroxylation is 1. The summed E-state index contributed by atoms with van der Waals surface area (Å²) in [5.74, 6) is 1.08. The summed E-state index contributed by atoms with van der Waals surface area (Å²) >= 11 is 0. The van der Waals surface area contributed by atoms with Crippen molar-refractivity contribution in [2.24, 2.45) is 0 Å². The van der Waals surface area contributed by atoms with Gasteiger partial charge in [-0.25, -0.2) is 9.97 Å². The normalized spacial score (nSPS) is 18.1. The van der Waals surface area contributed by atoms with Crippen molar-refractivity contribution < 1.29 is 0 Å². The monoisotopic (exact) mass is 234 g/mol. The van der Waals surface area contributed by atoms with Gasteiger partial charge in [0.2, 0.25) is 0 Å². The molecule has 4 heteroatoms. The quantitative estimate of drug-likeness (QED) is 0.797. The van der Waals surface area contributed by atoms with Crippen LogP contribution in [0.5, 0.6) is 0 Å². The second kappa shape index (κ2) is 5.96. The summed E-state index contributed by atoms with van der Waals surface area (Å²) in [6, 6.07) is 2.08. The molecule has 1 aromatic heterocycles. The first-order valence-electron chi connectivity index (χ1n) is 6.55. The zero-order valence-electron chi connectivity index (χ0n) is 10.9. The van der Waals surface area contributed by atoms with E-state index in [0.717, 1.165) is 31.1 Å². The molecule has 0 radical (unpaired) electrons. The number of anilines is 1. The maximum absolute atomic E-state index is 4.37. The predicted molar refractivity (Wildman–Crippen MR) is 70.3 cm³/mol. The van der Waals surface area contributed by atoms with Gasteiger partial charge in [-0.3, -0.25) is 0 Å². The van der Waals surface area contributed by atoms with Crippen molar-refractivity contribution in [1.29, 1.82) is 0 Å². The first-order chi connectivity index (χ1) is 8.29. The van der Waals surface area contributed by atoms with Crippen molar-refractivity contribution in [2.45, 2.75) is 26.7 Å². The molecule has 0 bridgehead atoms. The van der Waals surface area contributed by atoms with Crippen LogP contribution in [0.3, 0.4) is 0 Å². The Bertz CT molecular complexity index is 353. The Balaban J connectivity index is 1.99. The lowest BCUT2D eigenvalue weighted by Crippen LogP contribution is -2.31. The van der Waals surface area contributed by atoms with E-state index in [4.69, 9.17) is 0 Å². The van der Waals surface area contributed by atoms with Crippen molar-refractivity contribution in [1.82, 2.24) is 14.9 Å². The number of aromatic nitrogens is 2. The van der Waals surface area contributed by atoms with Gasteiger partial charge in [-0.15, -0.1) is 0 Å². The van der Waals surface area contributed by atoms with Crippen molar-refractivity contribution >= 4 is 5.82 Å². The van der Waals surface area contributed by atoms with Crippen LogP contribution in [0.2, 0.25) is 0 Å². The summed E-state index contributed by atoms with van der Waals surface area (Å²) in [7, 11) is 0. The van der Waals surface area contributed by atoms with Gasteiger partial charge in [-0.2, -0.15) is 0 Å². The second-order valence-corrected chi connectivity index (χ2v) is 4.70. The van der Waals surface area contributed by atoms with Gasteiger partial charge in [0.25, 0.3) is 0 Å². The molecule has 0 atom stereocenters. The minimum absolute atomic E-state index is 1.05. The molecule has 0 aliphatic carbocycles. The molecule has 0 N–H and O–H groups in total. The van der Waals surface area contributed by atoms with Gasteiger partial charge >= 0.3 is 0 Å². The lowest BCUT2D eigenvalue weighted by atomic mass is 10.3. The fourth-order valence-corrected chi connectivity index (χ4v) is 2.35. The molecule has 1 saturated heterocycles. The Labute approximate surface area is 104 Å². The molecule has 2 rings (SSSR count). The zero-order chi connectivity index (χ0) is 12.1. The van der Waals surface area contributed by atoms with Crippen molar-refractivity contribution in [3.63, 3.8) is 0 Å². The van der Waals surface area contributed by atoms with Gasteiger partial charge < -0.3 is 9.80 Å². The van der Waals surface area contributed by atoms with Crippen LogP contribution >= 0.6 is 0 Å². The zero-order valence-corrected chi connectivity index (χ0v) is 10.9. The lowest BCUT2D eigenvalue weighted by molar-refractivity contribution is 0.294. The van der Waals surface area contributed by atoms with Gasteiger partial charge in [0.15, 0.2) is 0 Å². The molecule has 0 aromatic carbocycles. The summed E-state index contributed by atoms with van der Waals surface area (Å²) in [4.78, 5) is 13.5. The largest absolute Gasteiger partial charge is 0.355 e. The van der Waals surface area contributed by atoms with Gasteiger partial charge in [0.05, 0.1) is 0 Å². The molecule has 1 fully saturated rings. The summed E-state index contributed by atoms with van der Waals surface area (Å²) < 4.78 is 0. The summed E-state index contributed by atoms with van der Waals surface area (Å²) in [6.45, 7) is 10.0. The van der Waals surface area contributed by atoms with E-state index >= 15 is 0 Å². The Morgan fingerprint density at radius 3 is 2.82 bits per heavy atom. The smallest absolute Gasteiger partial charge is 0.132 e. The molecule has 1 aliphatic heterocycles. The average molecular weight is 234 g/mol. The number of hydrogen-bond donors (Lipinski definition) is 0. The predicted octanol–water partition coefficient (Wildman–Crippen LogP) is 1.71. The highest BCUT2D eigenvalue weighted by molar-refractivity contribution is 5.38. The molecule has 0 saturated carbocycles. The van der Waals surface area contributed by atoms with E-state index in [1.165, 1.54) is 25.9 Å². The first kappa shape index (κ1) is 12.3. The van der Waals surface area contributed by atoms with Gasteiger partial charge in [-0.1, -0.05) is 6.92 Å². The molecule has 94 valence electrons. The van der Waals surface area contributed by atoms with Crippen LogP contribution in [0.15, 0.2) is 12.4 Å². The van der Waals surface area contributed by atoms with Gasteiger partial charge in [-0.05, 0) is 32.9 Å². The topological polar surface area (TPSA) is 32.3 Å². The highest BCUT2D eigenvalue weighted by atomic mass is 15.2. The van der Waals surface area contributed by atoms with E-state index in [-0.39, 0.29) is 0 Å². The van der Waals surface area contributed by atoms with E-state index in [9.17, 15) is 0 Å². The standard InChI is InChI=1S/C13H22N4/c1-3-5-16-6-4-7-17(9-8-16)13-10-12(2)14-11-15-13/h10-11H,3-9H2,1-2H3. The lowest BCUT2D eigenvalue weighted by Gasteiger charge is -2.22. The highest BCUT2D eigenvalue weighted by Crippen LogP contribution is 2.13. The van der Waals surface area contributed by atoms with E-state index in [1.807, 2.05) is 6.92 Å². The Kier molecular flexibility index (Phi) is 4.31. The molecule has 0 unspecified atom stereocenters. The minimum Gasteiger partial charge on any atom is -0.355 e. The molecule has 2 heterocycles. The van der Waals surface area contributed by atoms with Crippen LogP contribution in [0.25, 0.3) is 0 Å². The van der Waals surface area contributed by atoms with E-state index in [2.05, 4.69) is 32.8 Å². The van der Waals surface area contributed by atoms with Crippen molar-refractivity contribution in [3.8, 4) is 0 Å². The van der Waals surface area contributed by atoms with Crippen LogP contribution in [0, 0.1) is 6.92 Å². The van der Waals surface area contributed by atoms with E-state index < -0.39 is 0 Å². The Hall–Kier alpha value is -1.16.